The molecule has 0 spiro atoms. The highest BCUT2D eigenvalue weighted by Gasteiger charge is 2.31. The van der Waals surface area contributed by atoms with E-state index in [1.165, 1.54) is 6.33 Å². The molecule has 0 aliphatic carbocycles. The van der Waals surface area contributed by atoms with Crippen LogP contribution in [0.25, 0.3) is 11.0 Å². The van der Waals surface area contributed by atoms with Crippen molar-refractivity contribution in [2.45, 2.75) is 25.6 Å². The Kier molecular flexibility index (Phi) is 6.79. The van der Waals surface area contributed by atoms with Crippen molar-refractivity contribution in [3.63, 3.8) is 0 Å². The van der Waals surface area contributed by atoms with Crippen LogP contribution in [-0.4, -0.2) is 23.3 Å². The summed E-state index contributed by atoms with van der Waals surface area (Å²) >= 11 is 6.02. The minimum atomic E-state index is -4.46. The summed E-state index contributed by atoms with van der Waals surface area (Å²) in [6.45, 7) is 1.03. The highest BCUT2D eigenvalue weighted by molar-refractivity contribution is 6.35. The summed E-state index contributed by atoms with van der Waals surface area (Å²) in [5, 5.41) is -0.00489. The van der Waals surface area contributed by atoms with Crippen molar-refractivity contribution in [2.24, 2.45) is 0 Å². The molecule has 0 amide bonds. The summed E-state index contributed by atoms with van der Waals surface area (Å²) in [5.74, 6) is 1.59. The summed E-state index contributed by atoms with van der Waals surface area (Å²) in [5.41, 5.74) is 2.16. The number of halogens is 4. The summed E-state index contributed by atoms with van der Waals surface area (Å²) < 4.78 is 52.1. The number of aromatic nitrogens is 2. The molecular formula is C25H22ClF3N2O2. The Morgan fingerprint density at radius 2 is 1.55 bits per heavy atom. The van der Waals surface area contributed by atoms with Gasteiger partial charge >= 0.3 is 6.18 Å². The smallest absolute Gasteiger partial charge is 0.416 e. The van der Waals surface area contributed by atoms with E-state index in [9.17, 15) is 13.2 Å². The monoisotopic (exact) mass is 474 g/mol. The Bertz CT molecular complexity index is 1220. The Hall–Kier alpha value is -3.19. The number of hydrogen-bond donors (Lipinski definition) is 0. The van der Waals surface area contributed by atoms with E-state index in [1.54, 1.807) is 11.7 Å². The van der Waals surface area contributed by atoms with Crippen LogP contribution in [0.2, 0.25) is 5.02 Å². The van der Waals surface area contributed by atoms with E-state index in [1.807, 2.05) is 48.5 Å². The maximum atomic E-state index is 13.1. The molecule has 8 heteroatoms. The summed E-state index contributed by atoms with van der Waals surface area (Å²) in [7, 11) is 1.64. The topological polar surface area (TPSA) is 36.3 Å². The number of alkyl halides is 3. The van der Waals surface area contributed by atoms with Crippen LogP contribution in [0.4, 0.5) is 13.2 Å². The van der Waals surface area contributed by atoms with Gasteiger partial charge in [-0.15, -0.1) is 0 Å². The molecule has 3 aromatic carbocycles. The standard InChI is InChI=1S/C25H22ClF3N2O2/c1-32-20-6-2-18(3-7-20)11-13-33-21-8-4-17(5-9-21)10-12-31-16-30-24-22(26)14-19(15-23(24)31)25(27,28)29/h2-9,14-16H,10-13H2,1H3. The summed E-state index contributed by atoms with van der Waals surface area (Å²) in [6, 6.07) is 17.6. The maximum Gasteiger partial charge on any atom is 0.416 e. The number of ether oxygens (including phenoxy) is 2. The molecule has 0 aliphatic heterocycles. The van der Waals surface area contributed by atoms with Gasteiger partial charge in [0.1, 0.15) is 17.0 Å². The lowest BCUT2D eigenvalue weighted by Gasteiger charge is -2.10. The van der Waals surface area contributed by atoms with E-state index >= 15 is 0 Å². The van der Waals surface area contributed by atoms with Crippen molar-refractivity contribution >= 4 is 22.6 Å². The molecule has 0 saturated carbocycles. The molecule has 0 saturated heterocycles. The van der Waals surface area contributed by atoms with Gasteiger partial charge in [0.05, 0.1) is 36.1 Å². The zero-order valence-electron chi connectivity index (χ0n) is 17.9. The van der Waals surface area contributed by atoms with Crippen LogP contribution >= 0.6 is 11.6 Å². The molecule has 0 fully saturated rings. The molecule has 33 heavy (non-hydrogen) atoms. The second-order valence-electron chi connectivity index (χ2n) is 7.60. The minimum Gasteiger partial charge on any atom is -0.497 e. The first-order chi connectivity index (χ1) is 15.8. The van der Waals surface area contributed by atoms with Gasteiger partial charge in [0, 0.05) is 13.0 Å². The van der Waals surface area contributed by atoms with E-state index in [-0.39, 0.29) is 5.02 Å². The fourth-order valence-electron chi connectivity index (χ4n) is 3.54. The van der Waals surface area contributed by atoms with Gasteiger partial charge in [-0.3, -0.25) is 0 Å². The quantitative estimate of drug-likeness (QED) is 0.289. The van der Waals surface area contributed by atoms with E-state index in [0.717, 1.165) is 41.2 Å². The molecule has 0 aliphatic rings. The Labute approximate surface area is 194 Å². The largest absolute Gasteiger partial charge is 0.497 e. The number of benzene rings is 3. The van der Waals surface area contributed by atoms with E-state index in [2.05, 4.69) is 4.98 Å². The zero-order chi connectivity index (χ0) is 23.4. The summed E-state index contributed by atoms with van der Waals surface area (Å²) in [6.07, 6.45) is -1.53. The third-order valence-electron chi connectivity index (χ3n) is 5.39. The molecule has 4 rings (SSSR count). The minimum absolute atomic E-state index is 0.00489. The molecule has 4 nitrogen and oxygen atoms in total. The lowest BCUT2D eigenvalue weighted by molar-refractivity contribution is -0.137. The molecule has 4 aromatic rings. The second kappa shape index (κ2) is 9.75. The first kappa shape index (κ1) is 23.0. The summed E-state index contributed by atoms with van der Waals surface area (Å²) in [4.78, 5) is 4.17. The van der Waals surface area contributed by atoms with Crippen LogP contribution in [0, 0.1) is 0 Å². The fraction of sp³-hybridized carbons (Fsp3) is 0.240. The van der Waals surface area contributed by atoms with Gasteiger partial charge in [0.15, 0.2) is 0 Å². The fourth-order valence-corrected chi connectivity index (χ4v) is 3.81. The Balaban J connectivity index is 1.34. The number of nitrogens with zero attached hydrogens (tertiary/aromatic N) is 2. The molecule has 0 bridgehead atoms. The van der Waals surface area contributed by atoms with Crippen LogP contribution in [0.1, 0.15) is 16.7 Å². The third-order valence-corrected chi connectivity index (χ3v) is 5.68. The van der Waals surface area contributed by atoms with Crippen LogP contribution < -0.4 is 9.47 Å². The Morgan fingerprint density at radius 1 is 0.909 bits per heavy atom. The highest BCUT2D eigenvalue weighted by atomic mass is 35.5. The average Bonchev–Trinajstić information content (AvgIpc) is 3.22. The van der Waals surface area contributed by atoms with Crippen LogP contribution in [0.5, 0.6) is 11.5 Å². The first-order valence-corrected chi connectivity index (χ1v) is 10.8. The van der Waals surface area contributed by atoms with Gasteiger partial charge in [-0.1, -0.05) is 35.9 Å². The molecule has 0 N–H and O–H groups in total. The molecule has 1 aromatic heterocycles. The van der Waals surface area contributed by atoms with Crippen molar-refractivity contribution in [2.75, 3.05) is 13.7 Å². The van der Waals surface area contributed by atoms with Crippen LogP contribution in [0.3, 0.4) is 0 Å². The lowest BCUT2D eigenvalue weighted by Crippen LogP contribution is -2.06. The molecule has 0 radical (unpaired) electrons. The van der Waals surface area contributed by atoms with Crippen LogP contribution in [-0.2, 0) is 25.6 Å². The van der Waals surface area contributed by atoms with Crippen molar-refractivity contribution in [1.29, 1.82) is 0 Å². The van der Waals surface area contributed by atoms with Gasteiger partial charge < -0.3 is 14.0 Å². The number of rotatable bonds is 8. The van der Waals surface area contributed by atoms with Crippen molar-refractivity contribution in [3.8, 4) is 11.5 Å². The zero-order valence-corrected chi connectivity index (χ0v) is 18.7. The molecule has 0 atom stereocenters. The maximum absolute atomic E-state index is 13.1. The van der Waals surface area contributed by atoms with Gasteiger partial charge in [0.2, 0.25) is 0 Å². The number of imidazole rings is 1. The lowest BCUT2D eigenvalue weighted by atomic mass is 10.1. The van der Waals surface area contributed by atoms with Crippen molar-refractivity contribution in [3.05, 3.63) is 88.7 Å². The molecule has 1 heterocycles. The van der Waals surface area contributed by atoms with E-state index in [4.69, 9.17) is 21.1 Å². The molecular weight excluding hydrogens is 453 g/mol. The van der Waals surface area contributed by atoms with Crippen LogP contribution in [0.15, 0.2) is 67.0 Å². The van der Waals surface area contributed by atoms with Gasteiger partial charge in [0.25, 0.3) is 0 Å². The number of hydrogen-bond acceptors (Lipinski definition) is 3. The van der Waals surface area contributed by atoms with Gasteiger partial charge in [-0.25, -0.2) is 4.98 Å². The predicted octanol–water partition coefficient (Wildman–Crippen LogP) is 6.58. The molecule has 0 unspecified atom stereocenters. The van der Waals surface area contributed by atoms with Gasteiger partial charge in [-0.2, -0.15) is 13.2 Å². The average molecular weight is 475 g/mol. The number of aryl methyl sites for hydroxylation is 2. The van der Waals surface area contributed by atoms with E-state index < -0.39 is 11.7 Å². The van der Waals surface area contributed by atoms with Crippen molar-refractivity contribution in [1.82, 2.24) is 9.55 Å². The number of fused-ring (bicyclic) bond motifs is 1. The second-order valence-corrected chi connectivity index (χ2v) is 8.01. The third kappa shape index (κ3) is 5.60. The normalized spacial score (nSPS) is 11.7. The van der Waals surface area contributed by atoms with Gasteiger partial charge in [-0.05, 0) is 53.9 Å². The van der Waals surface area contributed by atoms with E-state index in [0.29, 0.717) is 30.6 Å². The molecule has 172 valence electrons. The SMILES string of the molecule is COc1ccc(CCOc2ccc(CCn3cnc4c(Cl)cc(C(F)(F)F)cc43)cc2)cc1. The number of methoxy groups -OCH3 is 1. The highest BCUT2D eigenvalue weighted by Crippen LogP contribution is 2.34. The van der Waals surface area contributed by atoms with Crippen molar-refractivity contribution < 1.29 is 22.6 Å². The predicted molar refractivity (Wildman–Crippen MR) is 122 cm³/mol. The Morgan fingerprint density at radius 3 is 2.18 bits per heavy atom. The first-order valence-electron chi connectivity index (χ1n) is 10.4.